The van der Waals surface area contributed by atoms with Crippen LogP contribution in [0, 0.1) is 10.1 Å². The molecule has 0 bridgehead atoms. The van der Waals surface area contributed by atoms with E-state index in [9.17, 15) is 31.7 Å². The zero-order chi connectivity index (χ0) is 20.5. The Morgan fingerprint density at radius 3 is 2.29 bits per heavy atom. The number of alkyl halides is 3. The minimum atomic E-state index is -4.59. The zero-order valence-corrected chi connectivity index (χ0v) is 15.2. The third kappa shape index (κ3) is 3.78. The van der Waals surface area contributed by atoms with Gasteiger partial charge in [-0.05, 0) is 18.2 Å². The van der Waals surface area contributed by atoms with Gasteiger partial charge in [-0.3, -0.25) is 10.1 Å². The summed E-state index contributed by atoms with van der Waals surface area (Å²) in [6.07, 6.45) is -3.35. The first kappa shape index (κ1) is 20.0. The number of nitrogens with zero attached hydrogens (tertiary/aromatic N) is 4. The molecule has 12 heteroatoms. The van der Waals surface area contributed by atoms with E-state index in [0.717, 1.165) is 22.5 Å². The van der Waals surface area contributed by atoms with E-state index in [0.29, 0.717) is 0 Å². The normalized spacial score (nSPS) is 16.2. The Morgan fingerprint density at radius 1 is 1.04 bits per heavy atom. The summed E-state index contributed by atoms with van der Waals surface area (Å²) < 4.78 is 66.1. The van der Waals surface area contributed by atoms with Crippen molar-refractivity contribution in [3.63, 3.8) is 0 Å². The van der Waals surface area contributed by atoms with Crippen molar-refractivity contribution in [2.45, 2.75) is 11.1 Å². The highest BCUT2D eigenvalue weighted by Crippen LogP contribution is 2.36. The maximum Gasteiger partial charge on any atom is 0.419 e. The quantitative estimate of drug-likeness (QED) is 0.561. The molecule has 150 valence electrons. The summed E-state index contributed by atoms with van der Waals surface area (Å²) in [6.45, 7) is -0.301. The second kappa shape index (κ2) is 7.36. The van der Waals surface area contributed by atoms with Crippen molar-refractivity contribution in [1.29, 1.82) is 0 Å². The van der Waals surface area contributed by atoms with E-state index in [-0.39, 0.29) is 32.0 Å². The number of anilines is 1. The molecule has 0 aliphatic carbocycles. The summed E-state index contributed by atoms with van der Waals surface area (Å²) >= 11 is 0. The SMILES string of the molecule is O=[N+]([O-])c1ccccc1S(=O)(=O)N1CCN(c2ncccc2C(F)(F)F)CC1. The zero-order valence-electron chi connectivity index (χ0n) is 14.3. The number of para-hydroxylation sites is 1. The molecule has 3 rings (SSSR count). The van der Waals surface area contributed by atoms with Gasteiger partial charge in [0.05, 0.1) is 10.5 Å². The highest BCUT2D eigenvalue weighted by Gasteiger charge is 2.38. The van der Waals surface area contributed by atoms with Gasteiger partial charge in [-0.1, -0.05) is 12.1 Å². The van der Waals surface area contributed by atoms with Crippen molar-refractivity contribution in [3.05, 3.63) is 58.3 Å². The largest absolute Gasteiger partial charge is 0.419 e. The Kier molecular flexibility index (Phi) is 5.26. The average molecular weight is 416 g/mol. The highest BCUT2D eigenvalue weighted by atomic mass is 32.2. The molecule has 0 radical (unpaired) electrons. The fourth-order valence-electron chi connectivity index (χ4n) is 2.98. The number of nitro benzene ring substituents is 1. The van der Waals surface area contributed by atoms with E-state index >= 15 is 0 Å². The van der Waals surface area contributed by atoms with Gasteiger partial charge in [0, 0.05) is 38.4 Å². The fourth-order valence-corrected chi connectivity index (χ4v) is 4.56. The number of aromatic nitrogens is 1. The molecule has 0 N–H and O–H groups in total. The summed E-state index contributed by atoms with van der Waals surface area (Å²) in [4.78, 5) is 15.0. The lowest BCUT2D eigenvalue weighted by Gasteiger charge is -2.35. The monoisotopic (exact) mass is 416 g/mol. The third-order valence-corrected chi connectivity index (χ3v) is 6.26. The van der Waals surface area contributed by atoms with Crippen molar-refractivity contribution in [2.24, 2.45) is 0 Å². The topological polar surface area (TPSA) is 96.6 Å². The van der Waals surface area contributed by atoms with E-state index in [1.807, 2.05) is 0 Å². The Hall–Kier alpha value is -2.73. The van der Waals surface area contributed by atoms with Crippen LogP contribution in [0.3, 0.4) is 0 Å². The van der Waals surface area contributed by atoms with E-state index in [1.165, 1.54) is 29.3 Å². The van der Waals surface area contributed by atoms with Gasteiger partial charge in [0.25, 0.3) is 5.69 Å². The molecular formula is C16H15F3N4O4S. The van der Waals surface area contributed by atoms with Crippen LogP contribution in [0.2, 0.25) is 0 Å². The predicted octanol–water partition coefficient (Wildman–Crippen LogP) is 2.52. The summed E-state index contributed by atoms with van der Waals surface area (Å²) in [5.41, 5.74) is -1.45. The van der Waals surface area contributed by atoms with Crippen LogP contribution in [-0.2, 0) is 16.2 Å². The number of sulfonamides is 1. The second-order valence-corrected chi connectivity index (χ2v) is 7.89. The minimum absolute atomic E-state index is 0.0278. The Labute approximate surface area is 158 Å². The lowest BCUT2D eigenvalue weighted by atomic mass is 10.2. The van der Waals surface area contributed by atoms with Crippen molar-refractivity contribution >= 4 is 21.5 Å². The van der Waals surface area contributed by atoms with E-state index in [2.05, 4.69) is 4.98 Å². The van der Waals surface area contributed by atoms with Crippen LogP contribution in [0.15, 0.2) is 47.5 Å². The maximum absolute atomic E-state index is 13.2. The third-order valence-electron chi connectivity index (χ3n) is 4.31. The molecule has 0 amide bonds. The van der Waals surface area contributed by atoms with E-state index < -0.39 is 37.3 Å². The lowest BCUT2D eigenvalue weighted by Crippen LogP contribution is -2.49. The van der Waals surface area contributed by atoms with Crippen molar-refractivity contribution in [1.82, 2.24) is 9.29 Å². The first-order valence-electron chi connectivity index (χ1n) is 8.13. The van der Waals surface area contributed by atoms with Gasteiger partial charge < -0.3 is 4.90 Å². The Balaban J connectivity index is 1.83. The molecule has 1 saturated heterocycles. The molecule has 2 aromatic rings. The molecule has 0 saturated carbocycles. The standard InChI is InChI=1S/C16H15F3N4O4S/c17-16(18,19)12-4-3-7-20-15(12)21-8-10-22(11-9-21)28(26,27)14-6-2-1-5-13(14)23(24)25/h1-7H,8-11H2. The Morgan fingerprint density at radius 2 is 1.68 bits per heavy atom. The number of halogens is 3. The first-order chi connectivity index (χ1) is 13.1. The summed E-state index contributed by atoms with van der Waals surface area (Å²) in [5.74, 6) is -0.266. The molecule has 0 spiro atoms. The molecule has 0 unspecified atom stereocenters. The van der Waals surface area contributed by atoms with Crippen molar-refractivity contribution < 1.29 is 26.5 Å². The van der Waals surface area contributed by atoms with E-state index in [4.69, 9.17) is 0 Å². The number of hydrogen-bond donors (Lipinski definition) is 0. The molecule has 1 fully saturated rings. The van der Waals surface area contributed by atoms with Crippen LogP contribution in [-0.4, -0.2) is 48.8 Å². The molecule has 8 nitrogen and oxygen atoms in total. The van der Waals surface area contributed by atoms with Gasteiger partial charge in [0.1, 0.15) is 5.82 Å². The number of pyridine rings is 1. The van der Waals surface area contributed by atoms with Gasteiger partial charge in [-0.2, -0.15) is 17.5 Å². The molecule has 1 aliphatic heterocycles. The molecule has 1 aromatic heterocycles. The molecule has 1 aromatic carbocycles. The summed E-state index contributed by atoms with van der Waals surface area (Å²) in [7, 11) is -4.16. The summed E-state index contributed by atoms with van der Waals surface area (Å²) in [6, 6.07) is 7.06. The van der Waals surface area contributed by atoms with Crippen molar-refractivity contribution in [3.8, 4) is 0 Å². The van der Waals surface area contributed by atoms with Crippen LogP contribution in [0.1, 0.15) is 5.56 Å². The highest BCUT2D eigenvalue weighted by molar-refractivity contribution is 7.89. The van der Waals surface area contributed by atoms with Crippen LogP contribution in [0.5, 0.6) is 0 Å². The molecule has 1 aliphatic rings. The fraction of sp³-hybridized carbons (Fsp3) is 0.312. The summed E-state index contributed by atoms with van der Waals surface area (Å²) in [5, 5.41) is 11.1. The maximum atomic E-state index is 13.2. The number of hydrogen-bond acceptors (Lipinski definition) is 6. The van der Waals surface area contributed by atoms with Crippen LogP contribution < -0.4 is 4.90 Å². The lowest BCUT2D eigenvalue weighted by molar-refractivity contribution is -0.387. The van der Waals surface area contributed by atoms with Crippen LogP contribution in [0.4, 0.5) is 24.7 Å². The molecule has 2 heterocycles. The number of rotatable bonds is 4. The van der Waals surface area contributed by atoms with Gasteiger partial charge >= 0.3 is 6.18 Å². The van der Waals surface area contributed by atoms with Crippen LogP contribution >= 0.6 is 0 Å². The van der Waals surface area contributed by atoms with Crippen LogP contribution in [0.25, 0.3) is 0 Å². The van der Waals surface area contributed by atoms with Gasteiger partial charge in [-0.15, -0.1) is 0 Å². The predicted molar refractivity (Wildman–Crippen MR) is 93.3 cm³/mol. The molecular weight excluding hydrogens is 401 g/mol. The number of benzene rings is 1. The molecule has 28 heavy (non-hydrogen) atoms. The number of piperazine rings is 1. The van der Waals surface area contributed by atoms with Gasteiger partial charge in [0.15, 0.2) is 4.90 Å². The van der Waals surface area contributed by atoms with Gasteiger partial charge in [0.2, 0.25) is 10.0 Å². The Bertz CT molecular complexity index is 989. The van der Waals surface area contributed by atoms with E-state index in [1.54, 1.807) is 0 Å². The minimum Gasteiger partial charge on any atom is -0.353 e. The first-order valence-corrected chi connectivity index (χ1v) is 9.57. The second-order valence-electron chi connectivity index (χ2n) is 5.99. The average Bonchev–Trinajstić information content (AvgIpc) is 2.67. The molecule has 0 atom stereocenters. The number of nitro groups is 1. The smallest absolute Gasteiger partial charge is 0.353 e. The van der Waals surface area contributed by atoms with Crippen molar-refractivity contribution in [2.75, 3.05) is 31.1 Å². The van der Waals surface area contributed by atoms with Gasteiger partial charge in [-0.25, -0.2) is 13.4 Å².